The van der Waals surface area contributed by atoms with Gasteiger partial charge in [-0.2, -0.15) is 0 Å². The summed E-state index contributed by atoms with van der Waals surface area (Å²) >= 11 is 0. The van der Waals surface area contributed by atoms with Crippen LogP contribution in [-0.4, -0.2) is 25.7 Å². The lowest BCUT2D eigenvalue weighted by Crippen LogP contribution is -2.32. The van der Waals surface area contributed by atoms with Crippen LogP contribution in [0, 0.1) is 20.8 Å². The van der Waals surface area contributed by atoms with Crippen molar-refractivity contribution in [2.24, 2.45) is 0 Å². The van der Waals surface area contributed by atoms with Gasteiger partial charge in [0.1, 0.15) is 18.1 Å². The number of hydrogen-bond acceptors (Lipinski definition) is 3. The molecule has 4 heteroatoms. The highest BCUT2D eigenvalue weighted by Crippen LogP contribution is 2.23. The molecule has 0 atom stereocenters. The Kier molecular flexibility index (Phi) is 5.97. The quantitative estimate of drug-likeness (QED) is 0.635. The van der Waals surface area contributed by atoms with E-state index in [1.54, 1.807) is 0 Å². The van der Waals surface area contributed by atoms with Gasteiger partial charge in [0.25, 0.3) is 5.91 Å². The summed E-state index contributed by atoms with van der Waals surface area (Å²) in [5.41, 5.74) is 3.35. The molecule has 0 unspecified atom stereocenters. The van der Waals surface area contributed by atoms with Gasteiger partial charge in [-0.15, -0.1) is 0 Å². The summed E-state index contributed by atoms with van der Waals surface area (Å²) in [4.78, 5) is 12.0. The van der Waals surface area contributed by atoms with E-state index < -0.39 is 0 Å². The van der Waals surface area contributed by atoms with E-state index in [1.165, 1.54) is 5.39 Å². The van der Waals surface area contributed by atoms with Crippen LogP contribution in [-0.2, 0) is 4.79 Å². The molecule has 140 valence electrons. The summed E-state index contributed by atoms with van der Waals surface area (Å²) in [5.74, 6) is 1.40. The maximum absolute atomic E-state index is 12.0. The van der Waals surface area contributed by atoms with Gasteiger partial charge in [-0.05, 0) is 66.4 Å². The van der Waals surface area contributed by atoms with Crippen molar-refractivity contribution >= 4 is 16.7 Å². The molecule has 1 N–H and O–H groups in total. The van der Waals surface area contributed by atoms with Crippen LogP contribution in [0.4, 0.5) is 0 Å². The predicted octanol–water partition coefficient (Wildman–Crippen LogP) is 4.34. The molecule has 0 saturated heterocycles. The Morgan fingerprint density at radius 2 is 1.70 bits per heavy atom. The number of carbonyl (C=O) groups excluding carboxylic acids is 1. The number of fused-ring (bicyclic) bond motifs is 1. The predicted molar refractivity (Wildman–Crippen MR) is 109 cm³/mol. The minimum absolute atomic E-state index is 0.000290. The fourth-order valence-electron chi connectivity index (χ4n) is 2.96. The van der Waals surface area contributed by atoms with Crippen LogP contribution >= 0.6 is 0 Å². The third-order valence-corrected chi connectivity index (χ3v) is 4.54. The zero-order valence-corrected chi connectivity index (χ0v) is 16.0. The second-order valence-electron chi connectivity index (χ2n) is 6.70. The van der Waals surface area contributed by atoms with E-state index in [4.69, 9.17) is 9.47 Å². The first-order chi connectivity index (χ1) is 13.0. The molecule has 0 aliphatic heterocycles. The SMILES string of the molecule is Cc1cc(C)c(C)c(OCC(=O)NCCOc2ccc3ccccc3c2)c1. The van der Waals surface area contributed by atoms with Gasteiger partial charge in [0.2, 0.25) is 0 Å². The van der Waals surface area contributed by atoms with Crippen LogP contribution < -0.4 is 14.8 Å². The zero-order valence-electron chi connectivity index (χ0n) is 16.0. The summed E-state index contributed by atoms with van der Waals surface area (Å²) in [7, 11) is 0. The Bertz CT molecular complexity index is 950. The number of amides is 1. The lowest BCUT2D eigenvalue weighted by Gasteiger charge is -2.13. The second kappa shape index (κ2) is 8.58. The van der Waals surface area contributed by atoms with E-state index in [-0.39, 0.29) is 12.5 Å². The smallest absolute Gasteiger partial charge is 0.258 e. The van der Waals surface area contributed by atoms with Gasteiger partial charge in [0.15, 0.2) is 6.61 Å². The first kappa shape index (κ1) is 18.8. The number of carbonyl (C=O) groups is 1. The van der Waals surface area contributed by atoms with E-state index in [1.807, 2.05) is 57.2 Å². The highest BCUT2D eigenvalue weighted by molar-refractivity contribution is 5.83. The first-order valence-electron chi connectivity index (χ1n) is 9.12. The molecule has 4 nitrogen and oxygen atoms in total. The van der Waals surface area contributed by atoms with Crippen molar-refractivity contribution in [1.82, 2.24) is 5.32 Å². The highest BCUT2D eigenvalue weighted by atomic mass is 16.5. The molecule has 0 heterocycles. The topological polar surface area (TPSA) is 47.6 Å². The fourth-order valence-corrected chi connectivity index (χ4v) is 2.96. The molecule has 0 aliphatic carbocycles. The van der Waals surface area contributed by atoms with Gasteiger partial charge < -0.3 is 14.8 Å². The fraction of sp³-hybridized carbons (Fsp3) is 0.261. The zero-order chi connectivity index (χ0) is 19.2. The molecule has 3 aromatic carbocycles. The molecule has 0 bridgehead atoms. The van der Waals surface area contributed by atoms with Crippen LogP contribution in [0.3, 0.4) is 0 Å². The Balaban J connectivity index is 1.43. The second-order valence-corrected chi connectivity index (χ2v) is 6.70. The molecule has 0 radical (unpaired) electrons. The summed E-state index contributed by atoms with van der Waals surface area (Å²) in [5, 5.41) is 5.13. The summed E-state index contributed by atoms with van der Waals surface area (Å²) in [6.45, 7) is 6.90. The number of aryl methyl sites for hydroxylation is 2. The molecule has 0 aliphatic rings. The van der Waals surface area contributed by atoms with Gasteiger partial charge >= 0.3 is 0 Å². The lowest BCUT2D eigenvalue weighted by atomic mass is 10.1. The summed E-state index contributed by atoms with van der Waals surface area (Å²) < 4.78 is 11.4. The van der Waals surface area contributed by atoms with Crippen molar-refractivity contribution in [3.05, 3.63) is 71.3 Å². The first-order valence-corrected chi connectivity index (χ1v) is 9.12. The van der Waals surface area contributed by atoms with Crippen LogP contribution in [0.15, 0.2) is 54.6 Å². The Morgan fingerprint density at radius 1 is 0.926 bits per heavy atom. The third kappa shape index (κ3) is 5.00. The molecular weight excluding hydrogens is 338 g/mol. The summed E-state index contributed by atoms with van der Waals surface area (Å²) in [6, 6.07) is 18.2. The van der Waals surface area contributed by atoms with Gasteiger partial charge in [0.05, 0.1) is 6.54 Å². The molecule has 27 heavy (non-hydrogen) atoms. The van der Waals surface area contributed by atoms with Crippen molar-refractivity contribution in [2.45, 2.75) is 20.8 Å². The highest BCUT2D eigenvalue weighted by Gasteiger charge is 2.07. The summed E-state index contributed by atoms with van der Waals surface area (Å²) in [6.07, 6.45) is 0. The van der Waals surface area contributed by atoms with E-state index >= 15 is 0 Å². The molecule has 3 aromatic rings. The molecule has 1 amide bonds. The molecule has 0 saturated carbocycles. The Labute approximate surface area is 160 Å². The average molecular weight is 363 g/mol. The van der Waals surface area contributed by atoms with Crippen molar-refractivity contribution in [1.29, 1.82) is 0 Å². The van der Waals surface area contributed by atoms with Crippen LogP contribution in [0.1, 0.15) is 16.7 Å². The van der Waals surface area contributed by atoms with Crippen molar-refractivity contribution in [3.8, 4) is 11.5 Å². The maximum Gasteiger partial charge on any atom is 0.258 e. The number of rotatable bonds is 7. The van der Waals surface area contributed by atoms with Crippen molar-refractivity contribution in [3.63, 3.8) is 0 Å². The number of hydrogen-bond donors (Lipinski definition) is 1. The molecule has 0 fully saturated rings. The molecule has 0 aromatic heterocycles. The van der Waals surface area contributed by atoms with Crippen molar-refractivity contribution < 1.29 is 14.3 Å². The van der Waals surface area contributed by atoms with Crippen LogP contribution in [0.25, 0.3) is 10.8 Å². The minimum Gasteiger partial charge on any atom is -0.492 e. The van der Waals surface area contributed by atoms with Crippen LogP contribution in [0.2, 0.25) is 0 Å². The molecule has 0 spiro atoms. The third-order valence-electron chi connectivity index (χ3n) is 4.54. The average Bonchev–Trinajstić information content (AvgIpc) is 2.66. The maximum atomic E-state index is 12.0. The van der Waals surface area contributed by atoms with Gasteiger partial charge in [0, 0.05) is 0 Å². The normalized spacial score (nSPS) is 10.6. The van der Waals surface area contributed by atoms with E-state index in [2.05, 4.69) is 23.5 Å². The van der Waals surface area contributed by atoms with E-state index in [0.29, 0.717) is 13.2 Å². The largest absolute Gasteiger partial charge is 0.492 e. The monoisotopic (exact) mass is 363 g/mol. The number of ether oxygens (including phenoxy) is 2. The standard InChI is InChI=1S/C23H25NO3/c1-16-12-17(2)18(3)22(13-16)27-15-23(25)24-10-11-26-21-9-8-19-6-4-5-7-20(19)14-21/h4-9,12-14H,10-11,15H2,1-3H3,(H,24,25). The molecular formula is C23H25NO3. The Hall–Kier alpha value is -3.01. The van der Waals surface area contributed by atoms with Gasteiger partial charge in [-0.25, -0.2) is 0 Å². The van der Waals surface area contributed by atoms with Gasteiger partial charge in [-0.1, -0.05) is 36.4 Å². The number of nitrogens with one attached hydrogen (secondary N) is 1. The van der Waals surface area contributed by atoms with E-state index in [9.17, 15) is 4.79 Å². The lowest BCUT2D eigenvalue weighted by molar-refractivity contribution is -0.123. The minimum atomic E-state index is -0.157. The van der Waals surface area contributed by atoms with E-state index in [0.717, 1.165) is 33.6 Å². The Morgan fingerprint density at radius 3 is 2.52 bits per heavy atom. The number of benzene rings is 3. The van der Waals surface area contributed by atoms with Crippen LogP contribution in [0.5, 0.6) is 11.5 Å². The van der Waals surface area contributed by atoms with Gasteiger partial charge in [-0.3, -0.25) is 4.79 Å². The molecule has 3 rings (SSSR count). The van der Waals surface area contributed by atoms with Crippen molar-refractivity contribution in [2.75, 3.05) is 19.8 Å².